The molecular weight excluding hydrogens is 478 g/mol. The lowest BCUT2D eigenvalue weighted by Crippen LogP contribution is -2.38. The number of nitrogens with zero attached hydrogens (tertiary/aromatic N) is 1. The van der Waals surface area contributed by atoms with Gasteiger partial charge >= 0.3 is 6.03 Å². The molecule has 4 amide bonds. The van der Waals surface area contributed by atoms with Gasteiger partial charge in [0.05, 0.1) is 7.11 Å². The van der Waals surface area contributed by atoms with E-state index >= 15 is 0 Å². The van der Waals surface area contributed by atoms with Crippen molar-refractivity contribution >= 4 is 45.5 Å². The lowest BCUT2D eigenvalue weighted by atomic mass is 10.1. The van der Waals surface area contributed by atoms with Crippen LogP contribution in [0.1, 0.15) is 11.1 Å². The zero-order chi connectivity index (χ0) is 23.3. The molecule has 2 N–H and O–H groups in total. The van der Waals surface area contributed by atoms with Crippen molar-refractivity contribution in [3.63, 3.8) is 0 Å². The van der Waals surface area contributed by atoms with Gasteiger partial charge in [0, 0.05) is 10.2 Å². The predicted molar refractivity (Wildman–Crippen MR) is 124 cm³/mol. The van der Waals surface area contributed by atoms with E-state index < -0.39 is 24.4 Å². The number of anilines is 1. The Morgan fingerprint density at radius 3 is 2.59 bits per heavy atom. The molecule has 166 valence electrons. The third kappa shape index (κ3) is 5.36. The van der Waals surface area contributed by atoms with E-state index in [-0.39, 0.29) is 5.70 Å². The fourth-order valence-corrected chi connectivity index (χ4v) is 3.37. The van der Waals surface area contributed by atoms with Crippen molar-refractivity contribution in [1.82, 2.24) is 10.2 Å². The highest BCUT2D eigenvalue weighted by Crippen LogP contribution is 2.35. The van der Waals surface area contributed by atoms with Crippen LogP contribution in [0.15, 0.2) is 59.2 Å². The molecule has 3 rings (SSSR count). The van der Waals surface area contributed by atoms with Gasteiger partial charge in [-0.1, -0.05) is 46.3 Å². The number of methoxy groups -OCH3 is 1. The third-order valence-corrected chi connectivity index (χ3v) is 5.23. The first-order chi connectivity index (χ1) is 15.3. The standard InChI is InChI=1S/C23H22BrN3O5/c1-4-9-32-20-12-17(24)15(11-19(20)31-3)10-18-22(29)27(23(30)26-18)13-21(28)25-16-7-5-14(2)6-8-16/h4-8,10-12H,1,9,13H2,2-3H3,(H,25,28)(H,26,30)/b18-10+. The van der Waals surface area contributed by atoms with E-state index in [2.05, 4.69) is 33.1 Å². The minimum atomic E-state index is -0.672. The molecule has 0 spiro atoms. The zero-order valence-corrected chi connectivity index (χ0v) is 19.2. The number of hydrogen-bond acceptors (Lipinski definition) is 5. The smallest absolute Gasteiger partial charge is 0.329 e. The number of halogens is 1. The number of benzene rings is 2. The molecule has 0 bridgehead atoms. The van der Waals surface area contributed by atoms with Crippen LogP contribution in [-0.4, -0.2) is 43.0 Å². The van der Waals surface area contributed by atoms with Crippen LogP contribution in [0.25, 0.3) is 6.08 Å². The number of nitrogens with one attached hydrogen (secondary N) is 2. The molecule has 0 aromatic heterocycles. The third-order valence-electron chi connectivity index (χ3n) is 4.54. The lowest BCUT2D eigenvalue weighted by Gasteiger charge is -2.12. The summed E-state index contributed by atoms with van der Waals surface area (Å²) in [5.74, 6) is -0.136. The summed E-state index contributed by atoms with van der Waals surface area (Å²) in [6.45, 7) is 5.44. The molecule has 2 aromatic carbocycles. The predicted octanol–water partition coefficient (Wildman–Crippen LogP) is 3.86. The van der Waals surface area contributed by atoms with E-state index in [1.807, 2.05) is 19.1 Å². The van der Waals surface area contributed by atoms with Crippen molar-refractivity contribution < 1.29 is 23.9 Å². The van der Waals surface area contributed by atoms with Gasteiger partial charge in [-0.05, 0) is 42.8 Å². The summed E-state index contributed by atoms with van der Waals surface area (Å²) in [6.07, 6.45) is 3.11. The van der Waals surface area contributed by atoms with E-state index in [4.69, 9.17) is 9.47 Å². The van der Waals surface area contributed by atoms with Gasteiger partial charge in [0.2, 0.25) is 5.91 Å². The first kappa shape index (κ1) is 23.1. The van der Waals surface area contributed by atoms with E-state index in [0.717, 1.165) is 10.5 Å². The summed E-state index contributed by atoms with van der Waals surface area (Å²) in [7, 11) is 1.50. The average molecular weight is 500 g/mol. The molecule has 9 heteroatoms. The van der Waals surface area contributed by atoms with Gasteiger partial charge in [0.15, 0.2) is 11.5 Å². The van der Waals surface area contributed by atoms with Crippen molar-refractivity contribution in [2.24, 2.45) is 0 Å². The Hall–Kier alpha value is -3.59. The Morgan fingerprint density at radius 2 is 1.94 bits per heavy atom. The highest BCUT2D eigenvalue weighted by atomic mass is 79.9. The van der Waals surface area contributed by atoms with E-state index in [0.29, 0.717) is 33.8 Å². The van der Waals surface area contributed by atoms with Crippen LogP contribution < -0.4 is 20.1 Å². The summed E-state index contributed by atoms with van der Waals surface area (Å²) in [5, 5.41) is 5.18. The van der Waals surface area contributed by atoms with Gasteiger partial charge in [-0.15, -0.1) is 0 Å². The summed E-state index contributed by atoms with van der Waals surface area (Å²) < 4.78 is 11.5. The zero-order valence-electron chi connectivity index (χ0n) is 17.6. The molecule has 0 radical (unpaired) electrons. The Labute approximate surface area is 194 Å². The van der Waals surface area contributed by atoms with Gasteiger partial charge in [-0.3, -0.25) is 9.59 Å². The molecule has 8 nitrogen and oxygen atoms in total. The van der Waals surface area contributed by atoms with Crippen LogP contribution in [-0.2, 0) is 9.59 Å². The number of imide groups is 1. The quantitative estimate of drug-likeness (QED) is 0.326. The van der Waals surface area contributed by atoms with Crippen molar-refractivity contribution in [2.45, 2.75) is 6.92 Å². The summed E-state index contributed by atoms with van der Waals surface area (Å²) in [4.78, 5) is 38.2. The first-order valence-electron chi connectivity index (χ1n) is 9.64. The largest absolute Gasteiger partial charge is 0.493 e. The Balaban J connectivity index is 1.75. The number of hydrogen-bond donors (Lipinski definition) is 2. The Morgan fingerprint density at radius 1 is 1.22 bits per heavy atom. The minimum Gasteiger partial charge on any atom is -0.493 e. The summed E-state index contributed by atoms with van der Waals surface area (Å²) in [5.41, 5.74) is 2.26. The second-order valence-electron chi connectivity index (χ2n) is 6.92. The van der Waals surface area contributed by atoms with Crippen molar-refractivity contribution in [2.75, 3.05) is 25.6 Å². The van der Waals surface area contributed by atoms with Crippen molar-refractivity contribution in [3.05, 3.63) is 70.3 Å². The van der Waals surface area contributed by atoms with Crippen LogP contribution in [0, 0.1) is 6.92 Å². The lowest BCUT2D eigenvalue weighted by molar-refractivity contribution is -0.127. The van der Waals surface area contributed by atoms with Crippen LogP contribution in [0.3, 0.4) is 0 Å². The molecule has 1 aliphatic rings. The fraction of sp³-hybridized carbons (Fsp3) is 0.174. The van der Waals surface area contributed by atoms with Crippen LogP contribution >= 0.6 is 15.9 Å². The SMILES string of the molecule is C=CCOc1cc(Br)c(/C=C2/NC(=O)N(CC(=O)Nc3ccc(C)cc3)C2=O)cc1OC. The maximum atomic E-state index is 12.7. The molecule has 1 fully saturated rings. The number of amides is 4. The number of carbonyl (C=O) groups is 3. The number of ether oxygens (including phenoxy) is 2. The van der Waals surface area contributed by atoms with Gasteiger partial charge in [0.1, 0.15) is 18.8 Å². The van der Waals surface area contributed by atoms with Crippen LogP contribution in [0.2, 0.25) is 0 Å². The molecule has 0 saturated carbocycles. The average Bonchev–Trinajstić information content (AvgIpc) is 3.02. The maximum absolute atomic E-state index is 12.7. The molecule has 32 heavy (non-hydrogen) atoms. The molecular formula is C23H22BrN3O5. The molecule has 0 atom stereocenters. The molecule has 0 aliphatic carbocycles. The molecule has 1 aliphatic heterocycles. The van der Waals surface area contributed by atoms with Crippen LogP contribution in [0.5, 0.6) is 11.5 Å². The van der Waals surface area contributed by atoms with Crippen molar-refractivity contribution in [1.29, 1.82) is 0 Å². The van der Waals surface area contributed by atoms with Gasteiger partial charge in [-0.25, -0.2) is 9.69 Å². The number of urea groups is 1. The second kappa shape index (κ2) is 10.1. The first-order valence-corrected chi connectivity index (χ1v) is 10.4. The summed E-state index contributed by atoms with van der Waals surface area (Å²) in [6, 6.07) is 9.89. The number of aryl methyl sites for hydroxylation is 1. The highest BCUT2D eigenvalue weighted by molar-refractivity contribution is 9.10. The normalized spacial score (nSPS) is 14.3. The van der Waals surface area contributed by atoms with Crippen LogP contribution in [0.4, 0.5) is 10.5 Å². The monoisotopic (exact) mass is 499 g/mol. The Kier molecular flexibility index (Phi) is 7.32. The highest BCUT2D eigenvalue weighted by Gasteiger charge is 2.35. The fourth-order valence-electron chi connectivity index (χ4n) is 2.93. The second-order valence-corrected chi connectivity index (χ2v) is 7.77. The Bertz CT molecular complexity index is 1100. The topological polar surface area (TPSA) is 97.0 Å². The van der Waals surface area contributed by atoms with E-state index in [1.165, 1.54) is 13.2 Å². The molecule has 1 saturated heterocycles. The minimum absolute atomic E-state index is 0.0423. The summed E-state index contributed by atoms with van der Waals surface area (Å²) >= 11 is 3.43. The van der Waals surface area contributed by atoms with Gasteiger partial charge in [0.25, 0.3) is 5.91 Å². The van der Waals surface area contributed by atoms with E-state index in [9.17, 15) is 14.4 Å². The maximum Gasteiger partial charge on any atom is 0.329 e. The number of rotatable bonds is 8. The van der Waals surface area contributed by atoms with Crippen molar-refractivity contribution in [3.8, 4) is 11.5 Å². The van der Waals surface area contributed by atoms with Gasteiger partial charge < -0.3 is 20.1 Å². The van der Waals surface area contributed by atoms with E-state index in [1.54, 1.807) is 30.3 Å². The molecule has 1 heterocycles. The number of carbonyl (C=O) groups excluding carboxylic acids is 3. The molecule has 0 unspecified atom stereocenters. The molecule has 2 aromatic rings. The van der Waals surface area contributed by atoms with Gasteiger partial charge in [-0.2, -0.15) is 0 Å².